The van der Waals surface area contributed by atoms with Crippen LogP contribution >= 0.6 is 11.8 Å². The van der Waals surface area contributed by atoms with Gasteiger partial charge in [-0.15, -0.1) is 0 Å². The van der Waals surface area contributed by atoms with Crippen LogP contribution in [0.2, 0.25) is 0 Å². The van der Waals surface area contributed by atoms with Crippen LogP contribution in [0, 0.1) is 5.82 Å². The Morgan fingerprint density at radius 2 is 1.73 bits per heavy atom. The molecule has 5 nitrogen and oxygen atoms in total. The molecule has 2 N–H and O–H groups in total. The molecule has 1 amide bonds. The highest BCUT2D eigenvalue weighted by Gasteiger charge is 2.29. The maximum Gasteiger partial charge on any atom is 0.446 e. The number of nitrogens with one attached hydrogen (secondary N) is 2. The monoisotopic (exact) mass is 408 g/mol. The van der Waals surface area contributed by atoms with Gasteiger partial charge >= 0.3 is 5.51 Å². The van der Waals surface area contributed by atoms with Gasteiger partial charge in [0.05, 0.1) is 11.4 Å². The van der Waals surface area contributed by atoms with Gasteiger partial charge in [-0.25, -0.2) is 17.5 Å². The third-order valence-corrected chi connectivity index (χ3v) is 5.06. The van der Waals surface area contributed by atoms with Crippen molar-refractivity contribution in [2.24, 2.45) is 0 Å². The Morgan fingerprint density at radius 3 is 2.31 bits per heavy atom. The van der Waals surface area contributed by atoms with Crippen molar-refractivity contribution in [3.63, 3.8) is 0 Å². The van der Waals surface area contributed by atoms with E-state index in [4.69, 9.17) is 0 Å². The smallest absolute Gasteiger partial charge is 0.325 e. The lowest BCUT2D eigenvalue weighted by Crippen LogP contribution is -2.32. The quantitative estimate of drug-likeness (QED) is 0.568. The summed E-state index contributed by atoms with van der Waals surface area (Å²) in [5.74, 6) is -1.30. The molecule has 0 saturated heterocycles. The minimum absolute atomic E-state index is 0.155. The van der Waals surface area contributed by atoms with Crippen molar-refractivity contribution in [2.75, 3.05) is 11.9 Å². The minimum Gasteiger partial charge on any atom is -0.325 e. The fourth-order valence-corrected chi connectivity index (χ4v) is 3.36. The van der Waals surface area contributed by atoms with Crippen molar-refractivity contribution in [1.82, 2.24) is 4.72 Å². The summed E-state index contributed by atoms with van der Waals surface area (Å²) in [6.45, 7) is -0.627. The molecular weight excluding hydrogens is 396 g/mol. The normalized spacial score (nSPS) is 12.0. The molecule has 0 aliphatic carbocycles. The van der Waals surface area contributed by atoms with E-state index in [1.807, 2.05) is 4.72 Å². The largest absolute Gasteiger partial charge is 0.446 e. The molecule has 0 atom stereocenters. The summed E-state index contributed by atoms with van der Waals surface area (Å²) in [7, 11) is -4.09. The van der Waals surface area contributed by atoms with Crippen molar-refractivity contribution in [3.05, 3.63) is 54.3 Å². The topological polar surface area (TPSA) is 75.3 Å². The summed E-state index contributed by atoms with van der Waals surface area (Å²) in [6, 6.07) is 9.06. The number of thioether (sulfide) groups is 1. The highest BCUT2D eigenvalue weighted by Crippen LogP contribution is 2.36. The summed E-state index contributed by atoms with van der Waals surface area (Å²) in [6.07, 6.45) is 0. The van der Waals surface area contributed by atoms with E-state index in [0.29, 0.717) is 0 Å². The summed E-state index contributed by atoms with van der Waals surface area (Å²) in [5.41, 5.74) is -4.32. The molecule has 0 aliphatic rings. The second-order valence-electron chi connectivity index (χ2n) is 4.90. The lowest BCUT2D eigenvalue weighted by atomic mass is 10.3. The van der Waals surface area contributed by atoms with Gasteiger partial charge in [-0.3, -0.25) is 4.79 Å². The molecule has 140 valence electrons. The number of benzene rings is 2. The summed E-state index contributed by atoms with van der Waals surface area (Å²) in [4.78, 5) is 11.3. The average molecular weight is 408 g/mol. The van der Waals surface area contributed by atoms with Crippen LogP contribution in [0.1, 0.15) is 0 Å². The zero-order valence-corrected chi connectivity index (χ0v) is 14.5. The number of halogens is 4. The van der Waals surface area contributed by atoms with Gasteiger partial charge in [0.2, 0.25) is 15.9 Å². The molecule has 0 radical (unpaired) electrons. The molecule has 2 aromatic carbocycles. The van der Waals surface area contributed by atoms with Gasteiger partial charge in [0.1, 0.15) is 5.82 Å². The molecular formula is C15H12F4N2O3S2. The van der Waals surface area contributed by atoms with Crippen molar-refractivity contribution in [2.45, 2.75) is 15.3 Å². The molecule has 0 spiro atoms. The molecule has 0 saturated carbocycles. The first-order valence-electron chi connectivity index (χ1n) is 6.96. The summed E-state index contributed by atoms with van der Waals surface area (Å²) < 4.78 is 75.9. The molecule has 2 aromatic rings. The number of carbonyl (C=O) groups excluding carboxylic acids is 1. The number of sulfonamides is 1. The van der Waals surface area contributed by atoms with Crippen molar-refractivity contribution in [1.29, 1.82) is 0 Å². The first kappa shape index (κ1) is 20.2. The van der Waals surface area contributed by atoms with Gasteiger partial charge in [-0.05, 0) is 54.2 Å². The third-order valence-electron chi connectivity index (χ3n) is 2.90. The molecule has 2 rings (SSSR count). The zero-order valence-electron chi connectivity index (χ0n) is 12.9. The van der Waals surface area contributed by atoms with Crippen molar-refractivity contribution in [3.8, 4) is 0 Å². The summed E-state index contributed by atoms with van der Waals surface area (Å²) in [5, 5.41) is 2.31. The third kappa shape index (κ3) is 6.32. The van der Waals surface area contributed by atoms with E-state index in [0.717, 1.165) is 30.3 Å². The molecule has 0 aromatic heterocycles. The van der Waals surface area contributed by atoms with Crippen LogP contribution in [0.5, 0.6) is 0 Å². The number of amides is 1. The molecule has 11 heteroatoms. The van der Waals surface area contributed by atoms with Crippen LogP contribution in [0.15, 0.2) is 58.3 Å². The Kier molecular flexibility index (Phi) is 6.26. The lowest BCUT2D eigenvalue weighted by molar-refractivity contribution is -0.115. The Hall–Kier alpha value is -2.11. The number of rotatable bonds is 6. The number of carbonyl (C=O) groups is 1. The van der Waals surface area contributed by atoms with Crippen LogP contribution < -0.4 is 10.0 Å². The van der Waals surface area contributed by atoms with Crippen molar-refractivity contribution < 1.29 is 30.8 Å². The van der Waals surface area contributed by atoms with Crippen LogP contribution in [0.3, 0.4) is 0 Å². The highest BCUT2D eigenvalue weighted by atomic mass is 32.2. The molecule has 26 heavy (non-hydrogen) atoms. The van der Waals surface area contributed by atoms with E-state index in [9.17, 15) is 30.8 Å². The van der Waals surface area contributed by atoms with E-state index >= 15 is 0 Å². The molecule has 0 fully saturated rings. The highest BCUT2D eigenvalue weighted by molar-refractivity contribution is 8.00. The van der Waals surface area contributed by atoms with E-state index < -0.39 is 33.8 Å². The van der Waals surface area contributed by atoms with E-state index in [2.05, 4.69) is 5.32 Å². The van der Waals surface area contributed by atoms with Crippen LogP contribution in [0.4, 0.5) is 23.2 Å². The molecule has 0 heterocycles. The first-order chi connectivity index (χ1) is 12.0. The molecule has 0 unspecified atom stereocenters. The second-order valence-corrected chi connectivity index (χ2v) is 7.81. The SMILES string of the molecule is O=C(CNS(=O)(=O)c1ccc(SC(F)(F)F)cc1)Nc1cccc(F)c1. The number of anilines is 1. The zero-order chi connectivity index (χ0) is 19.4. The Morgan fingerprint density at radius 1 is 1.08 bits per heavy atom. The maximum absolute atomic E-state index is 13.0. The first-order valence-corrected chi connectivity index (χ1v) is 9.26. The van der Waals surface area contributed by atoms with Crippen LogP contribution in [-0.4, -0.2) is 26.4 Å². The minimum atomic E-state index is -4.48. The maximum atomic E-state index is 13.0. The van der Waals surface area contributed by atoms with Gasteiger partial charge in [0.25, 0.3) is 0 Å². The van der Waals surface area contributed by atoms with Crippen molar-refractivity contribution >= 4 is 33.4 Å². The predicted molar refractivity (Wildman–Crippen MR) is 88.6 cm³/mol. The Balaban J connectivity index is 1.96. The summed E-state index contributed by atoms with van der Waals surface area (Å²) >= 11 is -0.369. The Labute approximate surface area is 150 Å². The number of alkyl halides is 3. The van der Waals surface area contributed by atoms with E-state index in [-0.39, 0.29) is 27.2 Å². The molecule has 0 bridgehead atoms. The van der Waals surface area contributed by atoms with Gasteiger partial charge in [-0.2, -0.15) is 13.2 Å². The fourth-order valence-electron chi connectivity index (χ4n) is 1.84. The van der Waals surface area contributed by atoms with Gasteiger partial charge in [0.15, 0.2) is 0 Å². The number of hydrogen-bond donors (Lipinski definition) is 2. The van der Waals surface area contributed by atoms with Gasteiger partial charge in [-0.1, -0.05) is 6.07 Å². The molecule has 0 aliphatic heterocycles. The number of hydrogen-bond acceptors (Lipinski definition) is 4. The van der Waals surface area contributed by atoms with Crippen LogP contribution in [-0.2, 0) is 14.8 Å². The average Bonchev–Trinajstić information content (AvgIpc) is 2.52. The fraction of sp³-hybridized carbons (Fsp3) is 0.133. The van der Waals surface area contributed by atoms with Crippen LogP contribution in [0.25, 0.3) is 0 Å². The predicted octanol–water partition coefficient (Wildman–Crippen LogP) is 3.35. The Bertz CT molecular complexity index is 885. The lowest BCUT2D eigenvalue weighted by Gasteiger charge is -2.09. The van der Waals surface area contributed by atoms with Gasteiger partial charge in [0, 0.05) is 10.6 Å². The van der Waals surface area contributed by atoms with E-state index in [1.54, 1.807) is 0 Å². The second kappa shape index (κ2) is 8.06. The van der Waals surface area contributed by atoms with E-state index in [1.165, 1.54) is 18.2 Å². The standard InChI is InChI=1S/C15H12F4N2O3S2/c16-10-2-1-3-11(8-10)21-14(22)9-20-26(23,24)13-6-4-12(5-7-13)25-15(17,18)19/h1-8,20H,9H2,(H,21,22). The van der Waals surface area contributed by atoms with Gasteiger partial charge < -0.3 is 5.32 Å².